The lowest BCUT2D eigenvalue weighted by atomic mass is 10.1. The van der Waals surface area contributed by atoms with Crippen LogP contribution < -0.4 is 16.0 Å². The van der Waals surface area contributed by atoms with Gasteiger partial charge in [0.05, 0.1) is 16.5 Å². The number of carbonyl (C=O) groups is 5. The molecule has 170 valence electrons. The summed E-state index contributed by atoms with van der Waals surface area (Å²) < 4.78 is 0. The number of carboxylic acids is 3. The van der Waals surface area contributed by atoms with Crippen LogP contribution in [0.3, 0.4) is 0 Å². The Morgan fingerprint density at radius 2 is 1.65 bits per heavy atom. The summed E-state index contributed by atoms with van der Waals surface area (Å²) in [5.41, 5.74) is 1.30. The number of aliphatic carboxylic acids is 3. The van der Waals surface area contributed by atoms with Gasteiger partial charge >= 0.3 is 23.9 Å². The number of carbonyl (C=O) groups excluding carboxylic acids is 2. The lowest BCUT2D eigenvalue weighted by molar-refractivity contribution is -0.140. The zero-order valence-electron chi connectivity index (χ0n) is 16.4. The third kappa shape index (κ3) is 10.0. The number of carboxylic acid groups (broad SMARTS) is 3. The molecule has 0 radical (unpaired) electrons. The van der Waals surface area contributed by atoms with Gasteiger partial charge in [0.2, 0.25) is 5.91 Å². The van der Waals surface area contributed by atoms with Crippen molar-refractivity contribution in [2.75, 3.05) is 16.8 Å². The first-order valence-electron chi connectivity index (χ1n) is 8.87. The lowest BCUT2D eigenvalue weighted by Crippen LogP contribution is -2.52. The number of hydrogen-bond acceptors (Lipinski definition) is 6. The van der Waals surface area contributed by atoms with Crippen molar-refractivity contribution in [3.8, 4) is 0 Å². The minimum atomic E-state index is -1.50. The fourth-order valence-electron chi connectivity index (χ4n) is 2.25. The van der Waals surface area contributed by atoms with Gasteiger partial charge in [-0.05, 0) is 31.0 Å². The Labute approximate surface area is 186 Å². The van der Waals surface area contributed by atoms with Gasteiger partial charge in [-0.15, -0.1) is 11.8 Å². The second-order valence-corrected chi connectivity index (χ2v) is 7.82. The monoisotopic (exact) mass is 475 g/mol. The Balaban J connectivity index is 2.54. The van der Waals surface area contributed by atoms with Crippen molar-refractivity contribution in [1.29, 1.82) is 0 Å². The maximum absolute atomic E-state index is 12.0. The van der Waals surface area contributed by atoms with Crippen LogP contribution in [0.2, 0.25) is 5.02 Å². The number of anilines is 1. The van der Waals surface area contributed by atoms with Crippen molar-refractivity contribution in [3.05, 3.63) is 28.8 Å². The maximum atomic E-state index is 12.0. The number of halogens is 1. The van der Waals surface area contributed by atoms with Gasteiger partial charge in [-0.25, -0.2) is 14.4 Å². The maximum Gasteiger partial charge on any atom is 0.327 e. The van der Waals surface area contributed by atoms with E-state index in [9.17, 15) is 29.1 Å². The molecule has 0 saturated carbocycles. The summed E-state index contributed by atoms with van der Waals surface area (Å²) in [5.74, 6) is -4.80. The summed E-state index contributed by atoms with van der Waals surface area (Å²) in [5, 5.41) is 34.0. The molecule has 3 amide bonds. The highest BCUT2D eigenvalue weighted by molar-refractivity contribution is 8.00. The van der Waals surface area contributed by atoms with E-state index < -0.39 is 48.4 Å². The number of aryl methyl sites for hydroxylation is 1. The lowest BCUT2D eigenvalue weighted by Gasteiger charge is -2.18. The molecule has 0 heterocycles. The SMILES string of the molecule is Cc1ccc(Cl)c(NC(=O)CSCC(NC(=O)NC(CCC(=O)O)C(=O)O)C(=O)O)c1. The molecule has 13 heteroatoms. The van der Waals surface area contributed by atoms with Crippen molar-refractivity contribution in [2.45, 2.75) is 31.8 Å². The summed E-state index contributed by atoms with van der Waals surface area (Å²) in [7, 11) is 0. The van der Waals surface area contributed by atoms with Crippen LogP contribution in [0.4, 0.5) is 10.5 Å². The third-order valence-corrected chi connectivity index (χ3v) is 5.13. The van der Waals surface area contributed by atoms with E-state index in [-0.39, 0.29) is 17.9 Å². The predicted octanol–water partition coefficient (Wildman–Crippen LogP) is 1.39. The number of thioether (sulfide) groups is 1. The number of nitrogens with one attached hydrogen (secondary N) is 3. The largest absolute Gasteiger partial charge is 0.481 e. The quantitative estimate of drug-likeness (QED) is 0.260. The van der Waals surface area contributed by atoms with Crippen LogP contribution in [-0.4, -0.2) is 68.8 Å². The van der Waals surface area contributed by atoms with Gasteiger partial charge in [-0.1, -0.05) is 17.7 Å². The van der Waals surface area contributed by atoms with Gasteiger partial charge in [-0.3, -0.25) is 9.59 Å². The summed E-state index contributed by atoms with van der Waals surface area (Å²) in [6.45, 7) is 1.82. The topological polar surface area (TPSA) is 182 Å². The van der Waals surface area contributed by atoms with Crippen LogP contribution in [-0.2, 0) is 19.2 Å². The standard InChI is InChI=1S/C18H22ClN3O8S/c1-9-2-3-10(19)12(6-9)20-14(23)8-31-7-13(17(28)29)22-18(30)21-11(16(26)27)4-5-15(24)25/h2-3,6,11,13H,4-5,7-8H2,1H3,(H,20,23)(H,24,25)(H,26,27)(H,28,29)(H2,21,22,30). The normalized spacial score (nSPS) is 12.3. The number of amides is 3. The zero-order valence-corrected chi connectivity index (χ0v) is 18.0. The average molecular weight is 476 g/mol. The summed E-state index contributed by atoms with van der Waals surface area (Å²) in [4.78, 5) is 57.0. The summed E-state index contributed by atoms with van der Waals surface area (Å²) in [6.07, 6.45) is -0.859. The molecule has 1 aromatic rings. The Hall–Kier alpha value is -2.99. The predicted molar refractivity (Wildman–Crippen MR) is 114 cm³/mol. The van der Waals surface area contributed by atoms with Gasteiger partial charge in [0.15, 0.2) is 0 Å². The molecule has 1 rings (SSSR count). The van der Waals surface area contributed by atoms with E-state index in [1.807, 2.05) is 12.2 Å². The number of urea groups is 1. The van der Waals surface area contributed by atoms with Crippen molar-refractivity contribution in [1.82, 2.24) is 10.6 Å². The minimum Gasteiger partial charge on any atom is -0.481 e. The molecular weight excluding hydrogens is 454 g/mol. The molecule has 0 saturated heterocycles. The van der Waals surface area contributed by atoms with Gasteiger partial charge in [0.1, 0.15) is 12.1 Å². The Morgan fingerprint density at radius 3 is 2.23 bits per heavy atom. The first kappa shape index (κ1) is 26.0. The van der Waals surface area contributed by atoms with E-state index in [1.165, 1.54) is 0 Å². The van der Waals surface area contributed by atoms with Gasteiger partial charge < -0.3 is 31.3 Å². The Bertz CT molecular complexity index is 851. The zero-order chi connectivity index (χ0) is 23.6. The van der Waals surface area contributed by atoms with E-state index in [0.717, 1.165) is 17.3 Å². The number of rotatable bonds is 12. The van der Waals surface area contributed by atoms with E-state index >= 15 is 0 Å². The van der Waals surface area contributed by atoms with Gasteiger partial charge in [-0.2, -0.15) is 0 Å². The minimum absolute atomic E-state index is 0.117. The molecule has 0 aliphatic rings. The fraction of sp³-hybridized carbons (Fsp3) is 0.389. The highest BCUT2D eigenvalue weighted by Crippen LogP contribution is 2.22. The molecule has 0 aromatic heterocycles. The van der Waals surface area contributed by atoms with Crippen molar-refractivity contribution < 1.29 is 39.3 Å². The first-order chi connectivity index (χ1) is 14.5. The molecule has 0 fully saturated rings. The third-order valence-electron chi connectivity index (χ3n) is 3.77. The molecule has 31 heavy (non-hydrogen) atoms. The summed E-state index contributed by atoms with van der Waals surface area (Å²) >= 11 is 6.93. The highest BCUT2D eigenvalue weighted by atomic mass is 35.5. The number of hydrogen-bond donors (Lipinski definition) is 6. The van der Waals surface area contributed by atoms with Crippen LogP contribution in [0.1, 0.15) is 18.4 Å². The van der Waals surface area contributed by atoms with E-state index in [0.29, 0.717) is 10.7 Å². The average Bonchev–Trinajstić information content (AvgIpc) is 2.66. The van der Waals surface area contributed by atoms with Crippen LogP contribution in [0.5, 0.6) is 0 Å². The molecule has 0 bridgehead atoms. The molecule has 0 aliphatic heterocycles. The molecular formula is C18H22ClN3O8S. The molecule has 2 atom stereocenters. The molecule has 11 nitrogen and oxygen atoms in total. The van der Waals surface area contributed by atoms with Crippen LogP contribution in [0, 0.1) is 6.92 Å². The molecule has 0 spiro atoms. The van der Waals surface area contributed by atoms with E-state index in [1.54, 1.807) is 18.2 Å². The highest BCUT2D eigenvalue weighted by Gasteiger charge is 2.25. The first-order valence-corrected chi connectivity index (χ1v) is 10.4. The van der Waals surface area contributed by atoms with E-state index in [4.69, 9.17) is 21.8 Å². The van der Waals surface area contributed by atoms with Crippen molar-refractivity contribution >= 4 is 58.9 Å². The van der Waals surface area contributed by atoms with Gasteiger partial charge in [0, 0.05) is 12.2 Å². The summed E-state index contributed by atoms with van der Waals surface area (Å²) in [6, 6.07) is 1.10. The van der Waals surface area contributed by atoms with Crippen molar-refractivity contribution in [2.24, 2.45) is 0 Å². The molecule has 2 unspecified atom stereocenters. The Kier molecular flexibility index (Phi) is 10.6. The molecule has 1 aromatic carbocycles. The molecule has 6 N–H and O–H groups in total. The second-order valence-electron chi connectivity index (χ2n) is 6.38. The number of benzene rings is 1. The van der Waals surface area contributed by atoms with Crippen LogP contribution >= 0.6 is 23.4 Å². The van der Waals surface area contributed by atoms with Gasteiger partial charge in [0.25, 0.3) is 0 Å². The second kappa shape index (κ2) is 12.6. The van der Waals surface area contributed by atoms with Crippen LogP contribution in [0.15, 0.2) is 18.2 Å². The Morgan fingerprint density at radius 1 is 1.03 bits per heavy atom. The van der Waals surface area contributed by atoms with Crippen LogP contribution in [0.25, 0.3) is 0 Å². The van der Waals surface area contributed by atoms with Crippen molar-refractivity contribution in [3.63, 3.8) is 0 Å². The smallest absolute Gasteiger partial charge is 0.327 e. The fourth-order valence-corrected chi connectivity index (χ4v) is 3.25. The van der Waals surface area contributed by atoms with E-state index in [2.05, 4.69) is 10.6 Å². The molecule has 0 aliphatic carbocycles.